The van der Waals surface area contributed by atoms with E-state index in [1.807, 2.05) is 13.0 Å². The molecule has 2 aromatic rings. The van der Waals surface area contributed by atoms with Gasteiger partial charge in [-0.3, -0.25) is 4.98 Å². The highest BCUT2D eigenvalue weighted by atomic mass is 32.2. The molecule has 0 saturated carbocycles. The molecule has 0 unspecified atom stereocenters. The molecule has 0 aromatic carbocycles. The number of nitrogens with zero attached hydrogens (tertiary/aromatic N) is 4. The molecule has 25 heavy (non-hydrogen) atoms. The van der Waals surface area contributed by atoms with E-state index in [1.165, 1.54) is 31.3 Å². The average Bonchev–Trinajstić information content (AvgIpc) is 3.14. The first kappa shape index (κ1) is 17.6. The Kier molecular flexibility index (Phi) is 5.44. The number of hydrogen-bond donors (Lipinski definition) is 2. The second kappa shape index (κ2) is 7.75. The molecule has 0 atom stereocenters. The van der Waals surface area contributed by atoms with Crippen molar-refractivity contribution >= 4 is 21.7 Å². The van der Waals surface area contributed by atoms with Gasteiger partial charge in [0.2, 0.25) is 10.0 Å². The highest BCUT2D eigenvalue weighted by Gasteiger charge is 2.15. The zero-order valence-electron chi connectivity index (χ0n) is 14.1. The lowest BCUT2D eigenvalue weighted by molar-refractivity contribution is 0.582. The Morgan fingerprint density at radius 3 is 2.72 bits per heavy atom. The van der Waals surface area contributed by atoms with Gasteiger partial charge in [-0.2, -0.15) is 0 Å². The maximum Gasteiger partial charge on any atom is 0.242 e. The molecule has 3 rings (SSSR count). The van der Waals surface area contributed by atoms with Crippen LogP contribution in [0, 0.1) is 6.92 Å². The van der Waals surface area contributed by atoms with E-state index in [-0.39, 0.29) is 11.4 Å². The van der Waals surface area contributed by atoms with Crippen molar-refractivity contribution in [3.8, 4) is 0 Å². The highest BCUT2D eigenvalue weighted by molar-refractivity contribution is 7.89. The van der Waals surface area contributed by atoms with Crippen LogP contribution >= 0.6 is 0 Å². The Morgan fingerprint density at radius 1 is 1.20 bits per heavy atom. The first-order valence-electron chi connectivity index (χ1n) is 8.29. The molecule has 0 radical (unpaired) electrons. The minimum Gasteiger partial charge on any atom is -0.369 e. The van der Waals surface area contributed by atoms with Gasteiger partial charge in [-0.15, -0.1) is 0 Å². The van der Waals surface area contributed by atoms with Gasteiger partial charge in [0.05, 0.1) is 0 Å². The molecule has 134 valence electrons. The van der Waals surface area contributed by atoms with Crippen LogP contribution in [0.2, 0.25) is 0 Å². The van der Waals surface area contributed by atoms with E-state index >= 15 is 0 Å². The number of rotatable bonds is 7. The van der Waals surface area contributed by atoms with Crippen LogP contribution in [0.4, 0.5) is 11.6 Å². The van der Waals surface area contributed by atoms with Crippen molar-refractivity contribution in [3.63, 3.8) is 0 Å². The smallest absolute Gasteiger partial charge is 0.242 e. The molecule has 3 heterocycles. The van der Waals surface area contributed by atoms with E-state index in [4.69, 9.17) is 0 Å². The van der Waals surface area contributed by atoms with E-state index in [2.05, 4.69) is 29.9 Å². The second-order valence-electron chi connectivity index (χ2n) is 5.87. The fraction of sp³-hybridized carbons (Fsp3) is 0.438. The quantitative estimate of drug-likeness (QED) is 0.713. The van der Waals surface area contributed by atoms with Crippen LogP contribution in [-0.4, -0.2) is 49.5 Å². The first-order valence-corrected chi connectivity index (χ1v) is 9.77. The molecular weight excluding hydrogens is 340 g/mol. The third-order valence-electron chi connectivity index (χ3n) is 3.92. The summed E-state index contributed by atoms with van der Waals surface area (Å²) in [5.41, 5.74) is 0. The Labute approximate surface area is 147 Å². The monoisotopic (exact) mass is 362 g/mol. The number of aryl methyl sites for hydroxylation is 1. The molecule has 2 N–H and O–H groups in total. The van der Waals surface area contributed by atoms with E-state index in [0.717, 1.165) is 18.9 Å². The van der Waals surface area contributed by atoms with Crippen molar-refractivity contribution in [1.82, 2.24) is 19.7 Å². The third kappa shape index (κ3) is 4.64. The Balaban J connectivity index is 1.55. The summed E-state index contributed by atoms with van der Waals surface area (Å²) in [6, 6.07) is 5.02. The highest BCUT2D eigenvalue weighted by Crippen LogP contribution is 2.20. The number of hydrogen-bond acceptors (Lipinski definition) is 7. The lowest BCUT2D eigenvalue weighted by Crippen LogP contribution is -2.29. The molecule has 0 bridgehead atoms. The number of pyridine rings is 1. The van der Waals surface area contributed by atoms with Crippen molar-refractivity contribution in [3.05, 3.63) is 36.4 Å². The van der Waals surface area contributed by atoms with Crippen molar-refractivity contribution in [2.24, 2.45) is 0 Å². The van der Waals surface area contributed by atoms with Gasteiger partial charge in [-0.1, -0.05) is 0 Å². The van der Waals surface area contributed by atoms with Gasteiger partial charge in [0.1, 0.15) is 22.4 Å². The molecule has 9 heteroatoms. The molecule has 1 aliphatic rings. The predicted molar refractivity (Wildman–Crippen MR) is 96.1 cm³/mol. The van der Waals surface area contributed by atoms with Crippen LogP contribution in [0.5, 0.6) is 0 Å². The van der Waals surface area contributed by atoms with Crippen molar-refractivity contribution in [2.45, 2.75) is 24.7 Å². The van der Waals surface area contributed by atoms with E-state index in [9.17, 15) is 8.42 Å². The van der Waals surface area contributed by atoms with E-state index < -0.39 is 10.0 Å². The summed E-state index contributed by atoms with van der Waals surface area (Å²) in [6.07, 6.45) is 5.23. The molecule has 0 spiro atoms. The largest absolute Gasteiger partial charge is 0.369 e. The van der Waals surface area contributed by atoms with Gasteiger partial charge in [0.15, 0.2) is 0 Å². The van der Waals surface area contributed by atoms with E-state index in [1.54, 1.807) is 6.07 Å². The van der Waals surface area contributed by atoms with Gasteiger partial charge in [-0.25, -0.2) is 23.1 Å². The summed E-state index contributed by atoms with van der Waals surface area (Å²) in [5.74, 6) is 2.32. The summed E-state index contributed by atoms with van der Waals surface area (Å²) in [6.45, 7) is 4.56. The molecule has 1 saturated heterocycles. The number of nitrogens with one attached hydrogen (secondary N) is 2. The molecule has 8 nitrogen and oxygen atoms in total. The molecule has 0 amide bonds. The Morgan fingerprint density at radius 2 is 2.00 bits per heavy atom. The van der Waals surface area contributed by atoms with Crippen molar-refractivity contribution in [2.75, 3.05) is 36.4 Å². The summed E-state index contributed by atoms with van der Waals surface area (Å²) in [5, 5.41) is 3.15. The fourth-order valence-electron chi connectivity index (χ4n) is 2.72. The summed E-state index contributed by atoms with van der Waals surface area (Å²) in [4.78, 5) is 15.1. The molecule has 2 aromatic heterocycles. The molecule has 1 aliphatic heterocycles. The molecule has 1 fully saturated rings. The minimum atomic E-state index is -3.54. The van der Waals surface area contributed by atoms with Crippen LogP contribution in [-0.2, 0) is 10.0 Å². The Bertz CT molecular complexity index is 807. The van der Waals surface area contributed by atoms with Gasteiger partial charge < -0.3 is 10.2 Å². The van der Waals surface area contributed by atoms with Crippen LogP contribution in [0.25, 0.3) is 0 Å². The van der Waals surface area contributed by atoms with E-state index in [0.29, 0.717) is 18.2 Å². The summed E-state index contributed by atoms with van der Waals surface area (Å²) < 4.78 is 26.8. The van der Waals surface area contributed by atoms with Crippen LogP contribution in [0.15, 0.2) is 35.5 Å². The summed E-state index contributed by atoms with van der Waals surface area (Å²) in [7, 11) is -3.54. The number of aromatic nitrogens is 3. The number of anilines is 2. The second-order valence-corrected chi connectivity index (χ2v) is 7.63. The van der Waals surface area contributed by atoms with Crippen molar-refractivity contribution in [1.29, 1.82) is 0 Å². The topological polar surface area (TPSA) is 100 Å². The fourth-order valence-corrected chi connectivity index (χ4v) is 3.71. The first-order chi connectivity index (χ1) is 12.0. The van der Waals surface area contributed by atoms with Gasteiger partial charge in [0.25, 0.3) is 0 Å². The standard InChI is InChI=1S/C16H22N6O2S/c1-13-20-15(11-16(21-13)22-9-2-3-10-22)18-7-8-19-25(23,24)14-5-4-6-17-12-14/h4-6,11-12,19H,2-3,7-10H2,1H3,(H,18,20,21). The predicted octanol–water partition coefficient (Wildman–Crippen LogP) is 1.17. The maximum absolute atomic E-state index is 12.1. The maximum atomic E-state index is 12.1. The number of sulfonamides is 1. The van der Waals surface area contributed by atoms with Crippen molar-refractivity contribution < 1.29 is 8.42 Å². The molecular formula is C16H22N6O2S. The normalized spacial score (nSPS) is 14.7. The minimum absolute atomic E-state index is 0.157. The zero-order valence-corrected chi connectivity index (χ0v) is 15.0. The van der Waals surface area contributed by atoms with Gasteiger partial charge >= 0.3 is 0 Å². The zero-order chi connectivity index (χ0) is 17.7. The SMILES string of the molecule is Cc1nc(NCCNS(=O)(=O)c2cccnc2)cc(N2CCCC2)n1. The lowest BCUT2D eigenvalue weighted by Gasteiger charge is -2.17. The van der Waals surface area contributed by atoms with Crippen LogP contribution in [0.3, 0.4) is 0 Å². The third-order valence-corrected chi connectivity index (χ3v) is 5.37. The summed E-state index contributed by atoms with van der Waals surface area (Å²) >= 11 is 0. The Hall–Kier alpha value is -2.26. The van der Waals surface area contributed by atoms with Gasteiger partial charge in [0, 0.05) is 44.6 Å². The van der Waals surface area contributed by atoms with Crippen LogP contribution in [0.1, 0.15) is 18.7 Å². The lowest BCUT2D eigenvalue weighted by atomic mass is 10.4. The van der Waals surface area contributed by atoms with Crippen LogP contribution < -0.4 is 14.9 Å². The molecule has 0 aliphatic carbocycles. The average molecular weight is 362 g/mol. The van der Waals surface area contributed by atoms with Gasteiger partial charge in [-0.05, 0) is 31.9 Å².